The summed E-state index contributed by atoms with van der Waals surface area (Å²) in [7, 11) is 0. The summed E-state index contributed by atoms with van der Waals surface area (Å²) in [4.78, 5) is 2.40. The quantitative estimate of drug-likeness (QED) is 0.905. The fourth-order valence-electron chi connectivity index (χ4n) is 2.49. The highest BCUT2D eigenvalue weighted by Crippen LogP contribution is 2.26. The van der Waals surface area contributed by atoms with Crippen LogP contribution in [-0.2, 0) is 5.60 Å². The van der Waals surface area contributed by atoms with E-state index in [1.807, 2.05) is 37.3 Å². The Morgan fingerprint density at radius 1 is 1.39 bits per heavy atom. The van der Waals surface area contributed by atoms with Gasteiger partial charge in [-0.1, -0.05) is 37.3 Å². The molecular weight excluding hydrogens is 242 g/mol. The summed E-state index contributed by atoms with van der Waals surface area (Å²) in [5, 5.41) is 11.4. The van der Waals surface area contributed by atoms with Gasteiger partial charge >= 0.3 is 0 Å². The fraction of sp³-hybridized carbons (Fsp3) is 0.600. The van der Waals surface area contributed by atoms with E-state index in [0.717, 1.165) is 30.4 Å². The molecule has 2 nitrogen and oxygen atoms in total. The third-order valence-electron chi connectivity index (χ3n) is 3.61. The molecule has 2 atom stereocenters. The van der Waals surface area contributed by atoms with Crippen molar-refractivity contribution in [1.29, 1.82) is 0 Å². The lowest BCUT2D eigenvalue weighted by molar-refractivity contribution is 0.0168. The topological polar surface area (TPSA) is 23.5 Å². The molecule has 0 spiro atoms. The first-order chi connectivity index (χ1) is 8.62. The maximum atomic E-state index is 10.6. The highest BCUT2D eigenvalue weighted by atomic mass is 32.2. The maximum Gasteiger partial charge on any atom is 0.0994 e. The van der Waals surface area contributed by atoms with Gasteiger partial charge in [0.1, 0.15) is 0 Å². The highest BCUT2D eigenvalue weighted by molar-refractivity contribution is 8.00. The number of benzene rings is 1. The average Bonchev–Trinajstić information content (AvgIpc) is 2.39. The second-order valence-electron chi connectivity index (χ2n) is 5.28. The van der Waals surface area contributed by atoms with E-state index in [4.69, 9.17) is 0 Å². The number of rotatable bonds is 4. The van der Waals surface area contributed by atoms with Gasteiger partial charge in [0.05, 0.1) is 5.60 Å². The molecule has 0 radical (unpaired) electrons. The zero-order valence-electron chi connectivity index (χ0n) is 11.3. The Labute approximate surface area is 114 Å². The van der Waals surface area contributed by atoms with E-state index in [-0.39, 0.29) is 0 Å². The predicted molar refractivity (Wildman–Crippen MR) is 79.0 cm³/mol. The van der Waals surface area contributed by atoms with Crippen LogP contribution in [0.3, 0.4) is 0 Å². The van der Waals surface area contributed by atoms with Crippen LogP contribution in [0.4, 0.5) is 0 Å². The van der Waals surface area contributed by atoms with Crippen molar-refractivity contribution in [2.75, 3.05) is 25.4 Å². The van der Waals surface area contributed by atoms with Crippen molar-refractivity contribution in [2.24, 2.45) is 0 Å². The Balaban J connectivity index is 1.99. The highest BCUT2D eigenvalue weighted by Gasteiger charge is 2.28. The molecule has 1 aliphatic rings. The molecule has 1 aromatic carbocycles. The minimum absolute atomic E-state index is 0.727. The lowest BCUT2D eigenvalue weighted by Crippen LogP contribution is -2.45. The van der Waals surface area contributed by atoms with Crippen LogP contribution in [0.15, 0.2) is 30.3 Å². The average molecular weight is 265 g/mol. The summed E-state index contributed by atoms with van der Waals surface area (Å²) >= 11 is 2.07. The van der Waals surface area contributed by atoms with E-state index in [9.17, 15) is 5.11 Å². The van der Waals surface area contributed by atoms with Gasteiger partial charge in [0.15, 0.2) is 0 Å². The first-order valence-electron chi connectivity index (χ1n) is 6.73. The molecule has 1 aromatic rings. The van der Waals surface area contributed by atoms with Crippen LogP contribution in [0.1, 0.15) is 25.8 Å². The zero-order valence-corrected chi connectivity index (χ0v) is 12.1. The standard InChI is InChI=1S/C15H23NOS/c1-3-14-11-16(9-10-18-14)12-15(2,17)13-7-5-4-6-8-13/h4-8,14,17H,3,9-12H2,1-2H3. The normalized spacial score (nSPS) is 24.7. The summed E-state index contributed by atoms with van der Waals surface area (Å²) in [5.41, 5.74) is 0.262. The van der Waals surface area contributed by atoms with Crippen molar-refractivity contribution in [1.82, 2.24) is 4.90 Å². The summed E-state index contributed by atoms with van der Waals surface area (Å²) < 4.78 is 0. The monoisotopic (exact) mass is 265 g/mol. The SMILES string of the molecule is CCC1CN(CC(C)(O)c2ccccc2)CCS1. The molecular formula is C15H23NOS. The third-order valence-corrected chi connectivity index (χ3v) is 4.98. The second kappa shape index (κ2) is 6.09. The van der Waals surface area contributed by atoms with Gasteiger partial charge in [-0.05, 0) is 18.9 Å². The van der Waals surface area contributed by atoms with E-state index >= 15 is 0 Å². The Kier molecular flexibility index (Phi) is 4.71. The van der Waals surface area contributed by atoms with E-state index in [1.54, 1.807) is 0 Å². The fourth-order valence-corrected chi connectivity index (χ4v) is 3.74. The van der Waals surface area contributed by atoms with Gasteiger partial charge in [0, 0.05) is 30.6 Å². The molecule has 1 saturated heterocycles. The molecule has 1 fully saturated rings. The van der Waals surface area contributed by atoms with Gasteiger partial charge in [0.25, 0.3) is 0 Å². The summed E-state index contributed by atoms with van der Waals surface area (Å²) in [6.07, 6.45) is 1.22. The van der Waals surface area contributed by atoms with Gasteiger partial charge < -0.3 is 5.11 Å². The van der Waals surface area contributed by atoms with Crippen molar-refractivity contribution in [2.45, 2.75) is 31.1 Å². The molecule has 0 aromatic heterocycles. The number of aliphatic hydroxyl groups is 1. The van der Waals surface area contributed by atoms with Gasteiger partial charge in [-0.3, -0.25) is 4.90 Å². The molecule has 18 heavy (non-hydrogen) atoms. The Bertz CT molecular complexity index is 366. The smallest absolute Gasteiger partial charge is 0.0994 e. The summed E-state index contributed by atoms with van der Waals surface area (Å²) in [6, 6.07) is 9.99. The molecule has 2 unspecified atom stereocenters. The third kappa shape index (κ3) is 3.50. The molecule has 2 rings (SSSR count). The first-order valence-corrected chi connectivity index (χ1v) is 7.78. The van der Waals surface area contributed by atoms with E-state index < -0.39 is 5.60 Å². The number of nitrogens with zero attached hydrogens (tertiary/aromatic N) is 1. The van der Waals surface area contributed by atoms with Crippen molar-refractivity contribution < 1.29 is 5.11 Å². The summed E-state index contributed by atoms with van der Waals surface area (Å²) in [6.45, 7) is 7.09. The van der Waals surface area contributed by atoms with Crippen molar-refractivity contribution in [3.05, 3.63) is 35.9 Å². The van der Waals surface area contributed by atoms with Crippen molar-refractivity contribution >= 4 is 11.8 Å². The van der Waals surface area contributed by atoms with Crippen LogP contribution < -0.4 is 0 Å². The number of hydrogen-bond acceptors (Lipinski definition) is 3. The molecule has 3 heteroatoms. The Morgan fingerprint density at radius 3 is 2.78 bits per heavy atom. The van der Waals surface area contributed by atoms with Crippen LogP contribution in [0.2, 0.25) is 0 Å². The van der Waals surface area contributed by atoms with Gasteiger partial charge in [-0.15, -0.1) is 0 Å². The minimum atomic E-state index is -0.748. The maximum absolute atomic E-state index is 10.6. The van der Waals surface area contributed by atoms with Crippen LogP contribution in [0.5, 0.6) is 0 Å². The first kappa shape index (κ1) is 13.9. The molecule has 1 aliphatic heterocycles. The van der Waals surface area contributed by atoms with E-state index in [1.165, 1.54) is 12.2 Å². The Morgan fingerprint density at radius 2 is 2.11 bits per heavy atom. The number of hydrogen-bond donors (Lipinski definition) is 1. The van der Waals surface area contributed by atoms with E-state index in [0.29, 0.717) is 0 Å². The molecule has 1 N–H and O–H groups in total. The second-order valence-corrected chi connectivity index (χ2v) is 6.68. The molecule has 1 heterocycles. The van der Waals surface area contributed by atoms with Gasteiger partial charge in [0.2, 0.25) is 0 Å². The zero-order chi connectivity index (χ0) is 13.0. The number of β-amino-alcohol motifs (C(OH)–C–C–N with tert-alkyl or cyclic N) is 1. The molecule has 0 aliphatic carbocycles. The molecule has 100 valence electrons. The van der Waals surface area contributed by atoms with Crippen molar-refractivity contribution in [3.8, 4) is 0 Å². The summed E-state index contributed by atoms with van der Waals surface area (Å²) in [5.74, 6) is 1.18. The molecule has 0 saturated carbocycles. The largest absolute Gasteiger partial charge is 0.384 e. The van der Waals surface area contributed by atoms with Crippen LogP contribution >= 0.6 is 11.8 Å². The van der Waals surface area contributed by atoms with E-state index in [2.05, 4.69) is 23.6 Å². The van der Waals surface area contributed by atoms with Crippen LogP contribution in [0, 0.1) is 0 Å². The van der Waals surface area contributed by atoms with Crippen LogP contribution in [-0.4, -0.2) is 40.6 Å². The van der Waals surface area contributed by atoms with Crippen LogP contribution in [0.25, 0.3) is 0 Å². The molecule has 0 bridgehead atoms. The lowest BCUT2D eigenvalue weighted by Gasteiger charge is -2.37. The van der Waals surface area contributed by atoms with Crippen molar-refractivity contribution in [3.63, 3.8) is 0 Å². The number of thioether (sulfide) groups is 1. The Hall–Kier alpha value is -0.510. The van der Waals surface area contributed by atoms with Gasteiger partial charge in [-0.25, -0.2) is 0 Å². The molecule has 0 amide bonds. The lowest BCUT2D eigenvalue weighted by atomic mass is 9.95. The van der Waals surface area contributed by atoms with Gasteiger partial charge in [-0.2, -0.15) is 11.8 Å². The predicted octanol–water partition coefficient (Wildman–Crippen LogP) is 2.72. The minimum Gasteiger partial charge on any atom is -0.384 e.